The molecule has 0 aromatic heterocycles. The van der Waals surface area contributed by atoms with Crippen LogP contribution in [0.5, 0.6) is 0 Å². The number of carbonyl (C=O) groups excluding carboxylic acids is 1. The average molecular weight is 396 g/mol. The van der Waals surface area contributed by atoms with E-state index in [1.807, 2.05) is 18.2 Å². The molecule has 1 aromatic carbocycles. The second kappa shape index (κ2) is 11.5. The zero-order valence-electron chi connectivity index (χ0n) is 17.7. The molecular weight excluding hydrogens is 358 g/mol. The van der Waals surface area contributed by atoms with Gasteiger partial charge >= 0.3 is 0 Å². The molecule has 0 aliphatic heterocycles. The van der Waals surface area contributed by atoms with E-state index in [-0.39, 0.29) is 17.6 Å². The SMILES string of the molecule is CCCCCCCCS(=O)(=O)CC(=O)Nc1c(C(C)C)cccc1C(C)C. The highest BCUT2D eigenvalue weighted by molar-refractivity contribution is 7.92. The van der Waals surface area contributed by atoms with Crippen LogP contribution in [0.15, 0.2) is 18.2 Å². The summed E-state index contributed by atoms with van der Waals surface area (Å²) in [7, 11) is -3.37. The third-order valence-corrected chi connectivity index (χ3v) is 6.41. The van der Waals surface area contributed by atoms with Gasteiger partial charge in [-0.05, 0) is 29.4 Å². The van der Waals surface area contributed by atoms with Crippen LogP contribution in [0.3, 0.4) is 0 Å². The maximum Gasteiger partial charge on any atom is 0.239 e. The molecule has 5 heteroatoms. The van der Waals surface area contributed by atoms with Crippen LogP contribution in [-0.4, -0.2) is 25.8 Å². The van der Waals surface area contributed by atoms with Gasteiger partial charge < -0.3 is 5.32 Å². The molecule has 0 saturated carbocycles. The Hall–Kier alpha value is -1.36. The number of unbranched alkanes of at least 4 members (excludes halogenated alkanes) is 5. The number of sulfone groups is 1. The van der Waals surface area contributed by atoms with E-state index in [4.69, 9.17) is 0 Å². The van der Waals surface area contributed by atoms with Gasteiger partial charge in [-0.15, -0.1) is 0 Å². The van der Waals surface area contributed by atoms with Crippen molar-refractivity contribution < 1.29 is 13.2 Å². The Labute approximate surface area is 166 Å². The first-order chi connectivity index (χ1) is 12.7. The quantitative estimate of drug-likeness (QED) is 0.465. The maximum absolute atomic E-state index is 12.5. The molecule has 1 N–H and O–H groups in total. The van der Waals surface area contributed by atoms with Crippen molar-refractivity contribution in [3.63, 3.8) is 0 Å². The van der Waals surface area contributed by atoms with Gasteiger partial charge in [0.25, 0.3) is 0 Å². The summed E-state index contributed by atoms with van der Waals surface area (Å²) in [6, 6.07) is 5.99. The molecule has 0 saturated heterocycles. The van der Waals surface area contributed by atoms with Gasteiger partial charge in [0, 0.05) is 5.69 Å². The summed E-state index contributed by atoms with van der Waals surface area (Å²) in [4.78, 5) is 12.5. The molecule has 0 heterocycles. The lowest BCUT2D eigenvalue weighted by Crippen LogP contribution is -2.26. The molecule has 4 nitrogen and oxygen atoms in total. The predicted molar refractivity (Wildman–Crippen MR) is 115 cm³/mol. The van der Waals surface area contributed by atoms with E-state index in [0.717, 1.165) is 36.1 Å². The minimum atomic E-state index is -3.37. The molecule has 0 fully saturated rings. The number of nitrogens with one attached hydrogen (secondary N) is 1. The summed E-state index contributed by atoms with van der Waals surface area (Å²) in [5, 5.41) is 2.90. The smallest absolute Gasteiger partial charge is 0.239 e. The summed E-state index contributed by atoms with van der Waals surface area (Å²) >= 11 is 0. The van der Waals surface area contributed by atoms with Crippen molar-refractivity contribution in [1.29, 1.82) is 0 Å². The number of hydrogen-bond acceptors (Lipinski definition) is 3. The highest BCUT2D eigenvalue weighted by Crippen LogP contribution is 2.32. The molecule has 0 aliphatic rings. The van der Waals surface area contributed by atoms with Crippen molar-refractivity contribution in [2.45, 2.75) is 85.0 Å². The lowest BCUT2D eigenvalue weighted by atomic mass is 9.92. The normalized spacial score (nSPS) is 12.0. The summed E-state index contributed by atoms with van der Waals surface area (Å²) in [6.45, 7) is 10.5. The van der Waals surface area contributed by atoms with E-state index in [1.54, 1.807) is 0 Å². The highest BCUT2D eigenvalue weighted by Gasteiger charge is 2.20. The molecule has 27 heavy (non-hydrogen) atoms. The van der Waals surface area contributed by atoms with Crippen molar-refractivity contribution >= 4 is 21.4 Å². The van der Waals surface area contributed by atoms with Crippen molar-refractivity contribution in [3.05, 3.63) is 29.3 Å². The number of anilines is 1. The molecule has 0 unspecified atom stereocenters. The maximum atomic E-state index is 12.5. The zero-order valence-corrected chi connectivity index (χ0v) is 18.5. The third kappa shape index (κ3) is 8.46. The van der Waals surface area contributed by atoms with E-state index in [1.165, 1.54) is 12.8 Å². The average Bonchev–Trinajstić information content (AvgIpc) is 2.57. The van der Waals surface area contributed by atoms with Crippen molar-refractivity contribution in [2.24, 2.45) is 0 Å². The third-order valence-electron chi connectivity index (χ3n) is 4.80. The van der Waals surface area contributed by atoms with E-state index in [0.29, 0.717) is 6.42 Å². The fourth-order valence-electron chi connectivity index (χ4n) is 3.25. The molecule has 0 aliphatic carbocycles. The van der Waals surface area contributed by atoms with E-state index in [9.17, 15) is 13.2 Å². The first-order valence-electron chi connectivity index (χ1n) is 10.3. The Morgan fingerprint density at radius 3 is 1.96 bits per heavy atom. The van der Waals surface area contributed by atoms with Crippen molar-refractivity contribution in [1.82, 2.24) is 0 Å². The van der Waals surface area contributed by atoms with Crippen molar-refractivity contribution in [3.8, 4) is 0 Å². The molecule has 154 valence electrons. The topological polar surface area (TPSA) is 63.2 Å². The number of benzene rings is 1. The number of hydrogen-bond donors (Lipinski definition) is 1. The van der Waals surface area contributed by atoms with Crippen LogP contribution in [0.1, 0.15) is 96.1 Å². The van der Waals surface area contributed by atoms with E-state index < -0.39 is 21.5 Å². The summed E-state index contributed by atoms with van der Waals surface area (Å²) in [6.07, 6.45) is 6.14. The van der Waals surface area contributed by atoms with Crippen LogP contribution in [0.2, 0.25) is 0 Å². The molecule has 0 bridgehead atoms. The number of amides is 1. The van der Waals surface area contributed by atoms with Gasteiger partial charge in [0.2, 0.25) is 5.91 Å². The monoisotopic (exact) mass is 395 g/mol. The summed E-state index contributed by atoms with van der Waals surface area (Å²) in [5.74, 6) is -0.283. The molecule has 0 spiro atoms. The fraction of sp³-hybridized carbons (Fsp3) is 0.682. The lowest BCUT2D eigenvalue weighted by molar-refractivity contribution is -0.113. The molecule has 1 amide bonds. The summed E-state index contributed by atoms with van der Waals surface area (Å²) < 4.78 is 24.6. The zero-order chi connectivity index (χ0) is 20.4. The fourth-order valence-corrected chi connectivity index (χ4v) is 4.51. The van der Waals surface area contributed by atoms with Gasteiger partial charge in [-0.1, -0.05) is 84.9 Å². The number of para-hydroxylation sites is 1. The second-order valence-corrected chi connectivity index (χ2v) is 10.2. The Kier molecular flexibility index (Phi) is 10.1. The van der Waals surface area contributed by atoms with Gasteiger partial charge in [0.05, 0.1) is 5.75 Å². The summed E-state index contributed by atoms with van der Waals surface area (Å²) in [5.41, 5.74) is 2.87. The predicted octanol–water partition coefficient (Wildman–Crippen LogP) is 5.65. The lowest BCUT2D eigenvalue weighted by Gasteiger charge is -2.20. The van der Waals surface area contributed by atoms with Crippen LogP contribution in [-0.2, 0) is 14.6 Å². The van der Waals surface area contributed by atoms with E-state index >= 15 is 0 Å². The highest BCUT2D eigenvalue weighted by atomic mass is 32.2. The molecular formula is C22H37NO3S. The van der Waals surface area contributed by atoms with Gasteiger partial charge in [-0.3, -0.25) is 4.79 Å². The molecule has 0 radical (unpaired) electrons. The Morgan fingerprint density at radius 2 is 1.44 bits per heavy atom. The standard InChI is InChI=1S/C22H37NO3S/c1-6-7-8-9-10-11-15-27(25,26)16-21(24)23-22-19(17(2)3)13-12-14-20(22)18(4)5/h12-14,17-18H,6-11,15-16H2,1-5H3,(H,23,24). The Balaban J connectivity index is 2.71. The minimum Gasteiger partial charge on any atom is -0.325 e. The largest absolute Gasteiger partial charge is 0.325 e. The van der Waals surface area contributed by atoms with Crippen LogP contribution in [0, 0.1) is 0 Å². The molecule has 1 aromatic rings. The Morgan fingerprint density at radius 1 is 0.926 bits per heavy atom. The van der Waals surface area contributed by atoms with Gasteiger partial charge in [0.15, 0.2) is 9.84 Å². The Bertz CT molecular complexity index is 667. The van der Waals surface area contributed by atoms with Gasteiger partial charge in [0.1, 0.15) is 5.75 Å². The minimum absolute atomic E-state index is 0.0927. The first kappa shape index (κ1) is 23.7. The van der Waals surface area contributed by atoms with Crippen LogP contribution in [0.25, 0.3) is 0 Å². The number of rotatable bonds is 12. The second-order valence-electron chi connectivity index (χ2n) is 8.03. The van der Waals surface area contributed by atoms with Crippen LogP contribution in [0.4, 0.5) is 5.69 Å². The number of carbonyl (C=O) groups is 1. The molecule has 0 atom stereocenters. The van der Waals surface area contributed by atoms with Crippen molar-refractivity contribution in [2.75, 3.05) is 16.8 Å². The van der Waals surface area contributed by atoms with Crippen LogP contribution >= 0.6 is 0 Å². The van der Waals surface area contributed by atoms with E-state index in [2.05, 4.69) is 39.9 Å². The first-order valence-corrected chi connectivity index (χ1v) is 12.1. The van der Waals surface area contributed by atoms with Gasteiger partial charge in [-0.2, -0.15) is 0 Å². The van der Waals surface area contributed by atoms with Crippen LogP contribution < -0.4 is 5.32 Å². The van der Waals surface area contributed by atoms with Gasteiger partial charge in [-0.25, -0.2) is 8.42 Å². The molecule has 1 rings (SSSR count).